The Morgan fingerprint density at radius 1 is 1.38 bits per heavy atom. The summed E-state index contributed by atoms with van der Waals surface area (Å²) in [6.07, 6.45) is 5.03. The van der Waals surface area contributed by atoms with Crippen LogP contribution >= 0.6 is 0 Å². The van der Waals surface area contributed by atoms with Gasteiger partial charge in [-0.15, -0.1) is 0 Å². The molecule has 0 aromatic heterocycles. The molecule has 0 radical (unpaired) electrons. The summed E-state index contributed by atoms with van der Waals surface area (Å²) in [7, 11) is 0. The Kier molecular flexibility index (Phi) is 5.56. The van der Waals surface area contributed by atoms with Gasteiger partial charge < -0.3 is 10.1 Å². The van der Waals surface area contributed by atoms with Gasteiger partial charge in [-0.05, 0) is 24.8 Å². The fraction of sp³-hybridized carbons (Fsp3) is 0.625. The van der Waals surface area contributed by atoms with Crippen LogP contribution < -0.4 is 10.1 Å². The van der Waals surface area contributed by atoms with Gasteiger partial charge in [0.2, 0.25) is 0 Å². The average Bonchev–Trinajstić information content (AvgIpc) is 2.96. The van der Waals surface area contributed by atoms with Crippen LogP contribution in [0.3, 0.4) is 0 Å². The van der Waals surface area contributed by atoms with Gasteiger partial charge >= 0.3 is 0 Å². The highest BCUT2D eigenvalue weighted by molar-refractivity contribution is 5.43. The lowest BCUT2D eigenvalue weighted by Gasteiger charge is -2.16. The van der Waals surface area contributed by atoms with Crippen molar-refractivity contribution in [3.63, 3.8) is 0 Å². The summed E-state index contributed by atoms with van der Waals surface area (Å²) in [5.74, 6) is 1.40. The van der Waals surface area contributed by atoms with Crippen LogP contribution in [0.2, 0.25) is 0 Å². The third kappa shape index (κ3) is 4.70. The SMILES string of the molecule is CC(C)NCc1cc([N+](=O)[O-])ccc1OCC1CCCC1. The zero-order chi connectivity index (χ0) is 15.2. The van der Waals surface area contributed by atoms with Crippen molar-refractivity contribution >= 4 is 5.69 Å². The van der Waals surface area contributed by atoms with Crippen LogP contribution in [0.25, 0.3) is 0 Å². The van der Waals surface area contributed by atoms with Gasteiger partial charge in [-0.2, -0.15) is 0 Å². The van der Waals surface area contributed by atoms with Gasteiger partial charge in [-0.1, -0.05) is 26.7 Å². The lowest BCUT2D eigenvalue weighted by Crippen LogP contribution is -2.22. The second-order valence-corrected chi connectivity index (χ2v) is 6.05. The highest BCUT2D eigenvalue weighted by atomic mass is 16.6. The molecular weight excluding hydrogens is 268 g/mol. The fourth-order valence-corrected chi connectivity index (χ4v) is 2.66. The summed E-state index contributed by atoms with van der Waals surface area (Å²) < 4.78 is 5.93. The van der Waals surface area contributed by atoms with E-state index in [9.17, 15) is 10.1 Å². The van der Waals surface area contributed by atoms with E-state index in [0.717, 1.165) is 11.3 Å². The number of hydrogen-bond acceptors (Lipinski definition) is 4. The van der Waals surface area contributed by atoms with E-state index in [1.165, 1.54) is 31.7 Å². The second-order valence-electron chi connectivity index (χ2n) is 6.05. The van der Waals surface area contributed by atoms with Crippen LogP contribution in [0.1, 0.15) is 45.1 Å². The fourth-order valence-electron chi connectivity index (χ4n) is 2.66. The lowest BCUT2D eigenvalue weighted by atomic mass is 10.1. The first kappa shape index (κ1) is 15.8. The molecule has 0 spiro atoms. The number of non-ortho nitro benzene ring substituents is 1. The number of nitro benzene ring substituents is 1. The summed E-state index contributed by atoms with van der Waals surface area (Å²) >= 11 is 0. The van der Waals surface area contributed by atoms with Crippen molar-refractivity contribution < 1.29 is 9.66 Å². The molecule has 0 amide bonds. The molecule has 21 heavy (non-hydrogen) atoms. The zero-order valence-corrected chi connectivity index (χ0v) is 12.8. The average molecular weight is 292 g/mol. The van der Waals surface area contributed by atoms with Gasteiger partial charge in [-0.3, -0.25) is 10.1 Å². The molecule has 0 saturated heterocycles. The van der Waals surface area contributed by atoms with Crippen molar-refractivity contribution in [2.24, 2.45) is 5.92 Å². The molecule has 1 fully saturated rings. The molecule has 2 rings (SSSR count). The topological polar surface area (TPSA) is 64.4 Å². The Labute approximate surface area is 125 Å². The van der Waals surface area contributed by atoms with Gasteiger partial charge in [-0.25, -0.2) is 0 Å². The van der Waals surface area contributed by atoms with Crippen LogP contribution in [0.15, 0.2) is 18.2 Å². The van der Waals surface area contributed by atoms with E-state index < -0.39 is 0 Å². The Morgan fingerprint density at radius 2 is 2.10 bits per heavy atom. The predicted octanol–water partition coefficient (Wildman–Crippen LogP) is 3.66. The molecule has 116 valence electrons. The van der Waals surface area contributed by atoms with Crippen molar-refractivity contribution in [3.05, 3.63) is 33.9 Å². The number of nitro groups is 1. The third-order valence-electron chi connectivity index (χ3n) is 3.90. The lowest BCUT2D eigenvalue weighted by molar-refractivity contribution is -0.384. The van der Waals surface area contributed by atoms with E-state index in [0.29, 0.717) is 25.1 Å². The van der Waals surface area contributed by atoms with Gasteiger partial charge in [0.15, 0.2) is 0 Å². The van der Waals surface area contributed by atoms with E-state index in [4.69, 9.17) is 4.74 Å². The molecule has 0 unspecified atom stereocenters. The van der Waals surface area contributed by atoms with Crippen molar-refractivity contribution in [3.8, 4) is 5.75 Å². The van der Waals surface area contributed by atoms with Crippen molar-refractivity contribution in [2.75, 3.05) is 6.61 Å². The minimum Gasteiger partial charge on any atom is -0.493 e. The van der Waals surface area contributed by atoms with E-state index in [1.54, 1.807) is 12.1 Å². The molecule has 0 bridgehead atoms. The van der Waals surface area contributed by atoms with Gasteiger partial charge in [0.05, 0.1) is 11.5 Å². The highest BCUT2D eigenvalue weighted by Gasteiger charge is 2.17. The van der Waals surface area contributed by atoms with Crippen LogP contribution in [0.5, 0.6) is 5.75 Å². The van der Waals surface area contributed by atoms with Gasteiger partial charge in [0.25, 0.3) is 5.69 Å². The van der Waals surface area contributed by atoms with Gasteiger partial charge in [0.1, 0.15) is 5.75 Å². The summed E-state index contributed by atoms with van der Waals surface area (Å²) in [5.41, 5.74) is 0.972. The number of nitrogens with one attached hydrogen (secondary N) is 1. The van der Waals surface area contributed by atoms with Crippen LogP contribution in [-0.2, 0) is 6.54 Å². The highest BCUT2D eigenvalue weighted by Crippen LogP contribution is 2.28. The largest absolute Gasteiger partial charge is 0.493 e. The number of hydrogen-bond donors (Lipinski definition) is 1. The Hall–Kier alpha value is -1.62. The second kappa shape index (κ2) is 7.41. The maximum absolute atomic E-state index is 10.9. The minimum absolute atomic E-state index is 0.115. The summed E-state index contributed by atoms with van der Waals surface area (Å²) in [6, 6.07) is 5.18. The third-order valence-corrected chi connectivity index (χ3v) is 3.90. The number of benzene rings is 1. The first-order valence-electron chi connectivity index (χ1n) is 7.69. The Morgan fingerprint density at radius 3 is 2.71 bits per heavy atom. The van der Waals surface area contributed by atoms with E-state index in [1.807, 2.05) is 0 Å². The summed E-state index contributed by atoms with van der Waals surface area (Å²) in [5, 5.41) is 14.2. The predicted molar refractivity (Wildman–Crippen MR) is 82.5 cm³/mol. The standard InChI is InChI=1S/C16H24N2O3/c1-12(2)17-10-14-9-15(18(19)20)7-8-16(14)21-11-13-5-3-4-6-13/h7-9,12-13,17H,3-6,10-11H2,1-2H3. The van der Waals surface area contributed by atoms with Crippen LogP contribution in [-0.4, -0.2) is 17.6 Å². The molecular formula is C16H24N2O3. The molecule has 0 atom stereocenters. The van der Waals surface area contributed by atoms with Crippen LogP contribution in [0, 0.1) is 16.0 Å². The molecule has 1 aliphatic carbocycles. The molecule has 0 aliphatic heterocycles. The first-order chi connectivity index (χ1) is 10.1. The Balaban J connectivity index is 2.07. The molecule has 5 nitrogen and oxygen atoms in total. The van der Waals surface area contributed by atoms with Crippen LogP contribution in [0.4, 0.5) is 5.69 Å². The maximum Gasteiger partial charge on any atom is 0.270 e. The summed E-state index contributed by atoms with van der Waals surface area (Å²) in [6.45, 7) is 5.40. The first-order valence-corrected chi connectivity index (χ1v) is 7.69. The van der Waals surface area contributed by atoms with E-state index >= 15 is 0 Å². The molecule has 1 aliphatic rings. The molecule has 0 heterocycles. The molecule has 1 saturated carbocycles. The van der Waals surface area contributed by atoms with Gasteiger partial charge in [0, 0.05) is 30.3 Å². The maximum atomic E-state index is 10.9. The number of nitrogens with zero attached hydrogens (tertiary/aromatic N) is 1. The van der Waals surface area contributed by atoms with E-state index in [-0.39, 0.29) is 10.6 Å². The molecule has 1 aromatic rings. The normalized spacial score (nSPS) is 15.6. The number of ether oxygens (including phenoxy) is 1. The Bertz CT molecular complexity index is 482. The van der Waals surface area contributed by atoms with Crippen molar-refractivity contribution in [1.29, 1.82) is 0 Å². The monoisotopic (exact) mass is 292 g/mol. The number of rotatable bonds is 7. The van der Waals surface area contributed by atoms with Crippen molar-refractivity contribution in [2.45, 2.75) is 52.1 Å². The smallest absolute Gasteiger partial charge is 0.270 e. The molecule has 1 aromatic carbocycles. The minimum atomic E-state index is -0.361. The summed E-state index contributed by atoms with van der Waals surface area (Å²) in [4.78, 5) is 10.6. The van der Waals surface area contributed by atoms with E-state index in [2.05, 4.69) is 19.2 Å². The molecule has 1 N–H and O–H groups in total. The zero-order valence-electron chi connectivity index (χ0n) is 12.8. The molecule has 5 heteroatoms. The quantitative estimate of drug-likeness (QED) is 0.615. The van der Waals surface area contributed by atoms with Crippen molar-refractivity contribution in [1.82, 2.24) is 5.32 Å².